The van der Waals surface area contributed by atoms with Crippen LogP contribution < -0.4 is 0 Å². The number of carboxylic acid groups (broad SMARTS) is 1. The highest BCUT2D eigenvalue weighted by Gasteiger charge is 2.00. The number of hydrogen-bond acceptors (Lipinski definition) is 3. The van der Waals surface area contributed by atoms with Crippen molar-refractivity contribution in [2.75, 3.05) is 5.75 Å². The van der Waals surface area contributed by atoms with Gasteiger partial charge in [-0.05, 0) is 6.07 Å². The fraction of sp³-hybridized carbons (Fsp3) is 0.500. The van der Waals surface area contributed by atoms with E-state index in [0.29, 0.717) is 5.75 Å². The molecule has 0 aliphatic carbocycles. The number of carboxylic acids is 1. The maximum absolute atomic E-state index is 10.2. The largest absolute Gasteiger partial charge is 0.481 e. The van der Waals surface area contributed by atoms with E-state index in [1.54, 1.807) is 22.6 Å². The van der Waals surface area contributed by atoms with Gasteiger partial charge in [-0.1, -0.05) is 0 Å². The molecule has 72 valence electrons. The van der Waals surface area contributed by atoms with Gasteiger partial charge in [-0.2, -0.15) is 16.9 Å². The Labute approximate surface area is 80.9 Å². The van der Waals surface area contributed by atoms with E-state index in [-0.39, 0.29) is 6.42 Å². The predicted octanol–water partition coefficient (Wildman–Crippen LogP) is 1.13. The van der Waals surface area contributed by atoms with Gasteiger partial charge in [0, 0.05) is 30.4 Å². The monoisotopic (exact) mass is 200 g/mol. The number of aryl methyl sites for hydroxylation is 1. The molecule has 0 saturated heterocycles. The van der Waals surface area contributed by atoms with Crippen molar-refractivity contribution < 1.29 is 9.90 Å². The third-order valence-corrected chi connectivity index (χ3v) is 2.63. The van der Waals surface area contributed by atoms with Gasteiger partial charge >= 0.3 is 5.97 Å². The number of thioether (sulfide) groups is 1. The third kappa shape index (κ3) is 3.50. The van der Waals surface area contributed by atoms with Crippen LogP contribution in [0.3, 0.4) is 0 Å². The Hall–Kier alpha value is -0.970. The van der Waals surface area contributed by atoms with E-state index in [2.05, 4.69) is 5.10 Å². The Kier molecular flexibility index (Phi) is 3.82. The maximum atomic E-state index is 10.2. The number of aliphatic carboxylic acids is 1. The highest BCUT2D eigenvalue weighted by molar-refractivity contribution is 7.98. The number of nitrogens with zero attached hydrogens (tertiary/aromatic N) is 2. The summed E-state index contributed by atoms with van der Waals surface area (Å²) in [4.78, 5) is 10.2. The molecule has 0 aromatic carbocycles. The Morgan fingerprint density at radius 3 is 3.08 bits per heavy atom. The molecule has 4 nitrogen and oxygen atoms in total. The Balaban J connectivity index is 2.20. The van der Waals surface area contributed by atoms with Crippen molar-refractivity contribution in [3.63, 3.8) is 0 Å². The molecule has 5 heteroatoms. The average Bonchev–Trinajstić information content (AvgIpc) is 2.45. The second-order valence-electron chi connectivity index (χ2n) is 2.64. The van der Waals surface area contributed by atoms with Crippen molar-refractivity contribution in [2.45, 2.75) is 12.2 Å². The van der Waals surface area contributed by atoms with Crippen LogP contribution in [0.5, 0.6) is 0 Å². The van der Waals surface area contributed by atoms with Crippen LogP contribution in [0.25, 0.3) is 0 Å². The molecule has 0 saturated carbocycles. The summed E-state index contributed by atoms with van der Waals surface area (Å²) < 4.78 is 1.80. The Morgan fingerprint density at radius 1 is 1.77 bits per heavy atom. The van der Waals surface area contributed by atoms with Crippen molar-refractivity contribution in [2.24, 2.45) is 7.05 Å². The molecule has 13 heavy (non-hydrogen) atoms. The zero-order chi connectivity index (χ0) is 9.68. The van der Waals surface area contributed by atoms with E-state index in [9.17, 15) is 4.79 Å². The molecule has 0 amide bonds. The molecule has 1 rings (SSSR count). The summed E-state index contributed by atoms with van der Waals surface area (Å²) in [6, 6.07) is 1.94. The van der Waals surface area contributed by atoms with Crippen LogP contribution in [0.2, 0.25) is 0 Å². The summed E-state index contributed by atoms with van der Waals surface area (Å²) >= 11 is 1.61. The van der Waals surface area contributed by atoms with Gasteiger partial charge in [0.15, 0.2) is 0 Å². The zero-order valence-electron chi connectivity index (χ0n) is 7.43. The van der Waals surface area contributed by atoms with E-state index in [0.717, 1.165) is 11.4 Å². The van der Waals surface area contributed by atoms with Gasteiger partial charge in [-0.25, -0.2) is 0 Å². The topological polar surface area (TPSA) is 55.1 Å². The number of rotatable bonds is 5. The highest BCUT2D eigenvalue weighted by Crippen LogP contribution is 2.11. The van der Waals surface area contributed by atoms with Crippen molar-refractivity contribution >= 4 is 17.7 Å². The third-order valence-electron chi connectivity index (χ3n) is 1.63. The molecule has 0 aliphatic heterocycles. The Bertz CT molecular complexity index is 285. The van der Waals surface area contributed by atoms with Crippen molar-refractivity contribution in [3.05, 3.63) is 18.0 Å². The summed E-state index contributed by atoms with van der Waals surface area (Å²) in [5, 5.41) is 12.4. The lowest BCUT2D eigenvalue weighted by atomic mass is 10.5. The lowest BCUT2D eigenvalue weighted by Gasteiger charge is -2.00. The first-order chi connectivity index (χ1) is 6.20. The molecule has 1 aromatic rings. The molecule has 1 heterocycles. The van der Waals surface area contributed by atoms with Gasteiger partial charge in [0.05, 0.1) is 6.42 Å². The van der Waals surface area contributed by atoms with Crippen molar-refractivity contribution in [3.8, 4) is 0 Å². The van der Waals surface area contributed by atoms with Gasteiger partial charge in [-0.3, -0.25) is 9.48 Å². The predicted molar refractivity (Wildman–Crippen MR) is 51.6 cm³/mol. The molecular formula is C8H12N2O2S. The SMILES string of the molecule is Cn1nccc1CSCCC(=O)O. The van der Waals surface area contributed by atoms with Gasteiger partial charge in [0.2, 0.25) is 0 Å². The summed E-state index contributed by atoms with van der Waals surface area (Å²) in [7, 11) is 1.88. The zero-order valence-corrected chi connectivity index (χ0v) is 8.25. The van der Waals surface area contributed by atoms with Gasteiger partial charge < -0.3 is 5.11 Å². The molecule has 0 unspecified atom stereocenters. The Morgan fingerprint density at radius 2 is 2.54 bits per heavy atom. The molecule has 0 aliphatic rings. The van der Waals surface area contributed by atoms with Crippen LogP contribution in [0, 0.1) is 0 Å². The molecule has 0 spiro atoms. The number of aromatic nitrogens is 2. The first kappa shape index (κ1) is 10.1. The fourth-order valence-electron chi connectivity index (χ4n) is 0.879. The molecule has 0 atom stereocenters. The van der Waals surface area contributed by atoms with Crippen LogP contribution in [-0.2, 0) is 17.6 Å². The molecule has 0 radical (unpaired) electrons. The van der Waals surface area contributed by atoms with E-state index < -0.39 is 5.97 Å². The van der Waals surface area contributed by atoms with Crippen LogP contribution >= 0.6 is 11.8 Å². The minimum atomic E-state index is -0.738. The number of hydrogen-bond donors (Lipinski definition) is 1. The summed E-state index contributed by atoms with van der Waals surface area (Å²) in [6.45, 7) is 0. The second kappa shape index (κ2) is 4.91. The van der Waals surface area contributed by atoms with Crippen molar-refractivity contribution in [1.29, 1.82) is 0 Å². The molecule has 0 bridgehead atoms. The molecule has 1 N–H and O–H groups in total. The van der Waals surface area contributed by atoms with E-state index in [1.807, 2.05) is 13.1 Å². The summed E-state index contributed by atoms with van der Waals surface area (Å²) in [5.41, 5.74) is 1.12. The highest BCUT2D eigenvalue weighted by atomic mass is 32.2. The smallest absolute Gasteiger partial charge is 0.304 e. The fourth-order valence-corrected chi connectivity index (χ4v) is 1.83. The van der Waals surface area contributed by atoms with Crippen LogP contribution in [0.1, 0.15) is 12.1 Å². The lowest BCUT2D eigenvalue weighted by molar-refractivity contribution is -0.136. The van der Waals surface area contributed by atoms with Crippen LogP contribution in [-0.4, -0.2) is 26.6 Å². The molecular weight excluding hydrogens is 188 g/mol. The summed E-state index contributed by atoms with van der Waals surface area (Å²) in [6.07, 6.45) is 1.97. The molecule has 1 aromatic heterocycles. The second-order valence-corrected chi connectivity index (χ2v) is 3.75. The quantitative estimate of drug-likeness (QED) is 0.724. The van der Waals surface area contributed by atoms with Crippen LogP contribution in [0.15, 0.2) is 12.3 Å². The van der Waals surface area contributed by atoms with Gasteiger partial charge in [0.25, 0.3) is 0 Å². The number of carbonyl (C=O) groups is 1. The van der Waals surface area contributed by atoms with Crippen molar-refractivity contribution in [1.82, 2.24) is 9.78 Å². The van der Waals surface area contributed by atoms with Gasteiger partial charge in [-0.15, -0.1) is 0 Å². The van der Waals surface area contributed by atoms with E-state index >= 15 is 0 Å². The molecule has 0 fully saturated rings. The normalized spacial score (nSPS) is 10.2. The minimum Gasteiger partial charge on any atom is -0.481 e. The standard InChI is InChI=1S/C8H12N2O2S/c1-10-7(2-4-9-10)6-13-5-3-8(11)12/h2,4H,3,5-6H2,1H3,(H,11,12). The average molecular weight is 200 g/mol. The minimum absolute atomic E-state index is 0.225. The van der Waals surface area contributed by atoms with Crippen LogP contribution in [0.4, 0.5) is 0 Å². The lowest BCUT2D eigenvalue weighted by Crippen LogP contribution is -1.99. The van der Waals surface area contributed by atoms with E-state index in [1.165, 1.54) is 0 Å². The first-order valence-corrected chi connectivity index (χ1v) is 5.12. The van der Waals surface area contributed by atoms with E-state index in [4.69, 9.17) is 5.11 Å². The summed E-state index contributed by atoms with van der Waals surface area (Å²) in [5.74, 6) is 0.738. The van der Waals surface area contributed by atoms with Gasteiger partial charge in [0.1, 0.15) is 0 Å². The first-order valence-electron chi connectivity index (χ1n) is 3.96. The maximum Gasteiger partial charge on any atom is 0.304 e.